The smallest absolute Gasteiger partial charge is 0.410 e. The zero-order valence-corrected chi connectivity index (χ0v) is 30.0. The monoisotopic (exact) mass is 702 g/mol. The molecule has 3 N–H and O–H groups in total. The Labute approximate surface area is 286 Å². The van der Waals surface area contributed by atoms with E-state index in [0.717, 1.165) is 11.8 Å². The molecular weight excluding hydrogens is 660 g/mol. The van der Waals surface area contributed by atoms with E-state index >= 15 is 0 Å². The SMILES string of the molecule is COc1c(NC(=O)c2ccc(Cl)c(Oc3ccnc(NC4CCN(C(=O)OC(C)(C)C)CC4)n3)c2)cc(C(C)(C)C)cc1NS(C)(=O)=O. The molecule has 15 heteroatoms. The fourth-order valence-corrected chi connectivity index (χ4v) is 5.57. The molecule has 0 bridgehead atoms. The molecule has 48 heavy (non-hydrogen) atoms. The number of benzene rings is 2. The Bertz CT molecular complexity index is 1760. The van der Waals surface area contributed by atoms with Crippen LogP contribution in [0.3, 0.4) is 0 Å². The topological polar surface area (TPSA) is 161 Å². The first-order valence-corrected chi connectivity index (χ1v) is 17.6. The first kappa shape index (κ1) is 36.5. The Morgan fingerprint density at radius 2 is 1.67 bits per heavy atom. The van der Waals surface area contributed by atoms with Crippen LogP contribution in [0.1, 0.15) is 70.3 Å². The number of methoxy groups -OCH3 is 1. The second-order valence-corrected chi connectivity index (χ2v) is 15.7. The van der Waals surface area contributed by atoms with Crippen LogP contribution in [-0.2, 0) is 20.2 Å². The molecule has 1 fully saturated rings. The number of hydrogen-bond acceptors (Lipinski definition) is 10. The zero-order valence-electron chi connectivity index (χ0n) is 28.4. The number of halogens is 1. The summed E-state index contributed by atoms with van der Waals surface area (Å²) in [5.74, 6) is 0.388. The molecule has 1 aromatic heterocycles. The minimum absolute atomic E-state index is 0.0384. The number of ether oxygens (including phenoxy) is 3. The number of nitrogens with one attached hydrogen (secondary N) is 3. The summed E-state index contributed by atoms with van der Waals surface area (Å²) in [5.41, 5.74) is 0.545. The van der Waals surface area contributed by atoms with Crippen molar-refractivity contribution in [2.75, 3.05) is 41.8 Å². The highest BCUT2D eigenvalue weighted by molar-refractivity contribution is 7.92. The minimum Gasteiger partial charge on any atom is -0.492 e. The van der Waals surface area contributed by atoms with Crippen LogP contribution in [0.5, 0.6) is 17.4 Å². The minimum atomic E-state index is -3.64. The summed E-state index contributed by atoms with van der Waals surface area (Å²) in [5, 5.41) is 6.39. The van der Waals surface area contributed by atoms with Gasteiger partial charge in [-0.2, -0.15) is 4.98 Å². The Balaban J connectivity index is 1.48. The van der Waals surface area contributed by atoms with E-state index in [1.54, 1.807) is 29.3 Å². The lowest BCUT2D eigenvalue weighted by Crippen LogP contribution is -2.44. The molecule has 2 amide bonds. The third-order valence-electron chi connectivity index (χ3n) is 7.22. The van der Waals surface area contributed by atoms with Gasteiger partial charge in [-0.1, -0.05) is 32.4 Å². The lowest BCUT2D eigenvalue weighted by molar-refractivity contribution is 0.0210. The Morgan fingerprint density at radius 3 is 2.27 bits per heavy atom. The molecule has 0 radical (unpaired) electrons. The van der Waals surface area contributed by atoms with Crippen LogP contribution in [-0.4, -0.2) is 73.4 Å². The first-order chi connectivity index (χ1) is 22.3. The predicted octanol–water partition coefficient (Wildman–Crippen LogP) is 6.66. The van der Waals surface area contributed by atoms with E-state index in [9.17, 15) is 18.0 Å². The van der Waals surface area contributed by atoms with Gasteiger partial charge < -0.3 is 29.7 Å². The van der Waals surface area contributed by atoms with Gasteiger partial charge in [0.1, 0.15) is 11.4 Å². The molecule has 0 unspecified atom stereocenters. The van der Waals surface area contributed by atoms with E-state index < -0.39 is 21.5 Å². The highest BCUT2D eigenvalue weighted by Gasteiger charge is 2.27. The van der Waals surface area contributed by atoms with Crippen molar-refractivity contribution in [1.82, 2.24) is 14.9 Å². The van der Waals surface area contributed by atoms with E-state index in [1.165, 1.54) is 25.3 Å². The second-order valence-electron chi connectivity index (χ2n) is 13.5. The maximum Gasteiger partial charge on any atom is 0.410 e. The van der Waals surface area contributed by atoms with Crippen LogP contribution in [0.25, 0.3) is 0 Å². The van der Waals surface area contributed by atoms with Crippen LogP contribution in [0.2, 0.25) is 5.02 Å². The van der Waals surface area contributed by atoms with Gasteiger partial charge in [0.2, 0.25) is 21.9 Å². The predicted molar refractivity (Wildman–Crippen MR) is 186 cm³/mol. The standard InChI is InChI=1S/C33H43ClN6O7S/c1-32(2,3)21-18-24(28(45-7)25(19-21)39-48(8,43)44)37-29(41)20-9-10-23(34)26(17-20)46-27-11-14-35-30(38-27)36-22-12-15-40(16-13-22)31(42)47-33(4,5)6/h9-11,14,17-19,22,39H,12-13,15-16H2,1-8H3,(H,37,41)(H,35,36,38). The van der Waals surface area contributed by atoms with E-state index in [0.29, 0.717) is 31.9 Å². The molecule has 1 saturated heterocycles. The van der Waals surface area contributed by atoms with Gasteiger partial charge in [-0.25, -0.2) is 18.2 Å². The average Bonchev–Trinajstić information content (AvgIpc) is 2.96. The Morgan fingerprint density at radius 1 is 1.00 bits per heavy atom. The van der Waals surface area contributed by atoms with Crippen molar-refractivity contribution in [3.8, 4) is 17.4 Å². The number of likely N-dealkylation sites (tertiary alicyclic amines) is 1. The van der Waals surface area contributed by atoms with Crippen molar-refractivity contribution < 1.29 is 32.2 Å². The summed E-state index contributed by atoms with van der Waals surface area (Å²) >= 11 is 6.44. The maximum absolute atomic E-state index is 13.5. The Hall–Kier alpha value is -4.30. The molecule has 1 aliphatic rings. The van der Waals surface area contributed by atoms with Gasteiger partial charge >= 0.3 is 6.09 Å². The van der Waals surface area contributed by atoms with Crippen LogP contribution in [0, 0.1) is 0 Å². The third kappa shape index (κ3) is 10.1. The summed E-state index contributed by atoms with van der Waals surface area (Å²) in [7, 11) is -2.25. The number of sulfonamides is 1. The second kappa shape index (κ2) is 14.4. The molecule has 260 valence electrons. The van der Waals surface area contributed by atoms with Gasteiger partial charge in [-0.05, 0) is 74.9 Å². The van der Waals surface area contributed by atoms with E-state index in [4.69, 9.17) is 25.8 Å². The fraction of sp³-hybridized carbons (Fsp3) is 0.455. The molecule has 3 aromatic rings. The third-order valence-corrected chi connectivity index (χ3v) is 8.12. The lowest BCUT2D eigenvalue weighted by atomic mass is 9.86. The molecule has 4 rings (SSSR count). The summed E-state index contributed by atoms with van der Waals surface area (Å²) in [6.45, 7) is 12.5. The van der Waals surface area contributed by atoms with E-state index in [-0.39, 0.29) is 56.9 Å². The molecule has 2 aromatic carbocycles. The number of hydrogen-bond donors (Lipinski definition) is 3. The molecular formula is C33H43ClN6O7S. The molecule has 0 spiro atoms. The van der Waals surface area contributed by atoms with Gasteiger partial charge in [0.05, 0.1) is 29.8 Å². The van der Waals surface area contributed by atoms with Gasteiger partial charge in [0, 0.05) is 37.0 Å². The van der Waals surface area contributed by atoms with E-state index in [1.807, 2.05) is 41.5 Å². The molecule has 0 atom stereocenters. The summed E-state index contributed by atoms with van der Waals surface area (Å²) < 4.78 is 43.6. The van der Waals surface area contributed by atoms with Crippen LogP contribution in [0.4, 0.5) is 22.1 Å². The Kier molecular flexibility index (Phi) is 11.0. The number of rotatable bonds is 9. The fourth-order valence-electron chi connectivity index (χ4n) is 4.86. The number of carbonyl (C=O) groups excluding carboxylic acids is 2. The summed E-state index contributed by atoms with van der Waals surface area (Å²) in [6.07, 6.45) is 3.63. The van der Waals surface area contributed by atoms with Gasteiger partial charge in [-0.15, -0.1) is 0 Å². The number of anilines is 3. The average molecular weight is 703 g/mol. The molecule has 1 aliphatic heterocycles. The number of nitrogens with zero attached hydrogens (tertiary/aromatic N) is 3. The number of amides is 2. The van der Waals surface area contributed by atoms with Gasteiger partial charge in [0.15, 0.2) is 5.75 Å². The molecule has 0 aliphatic carbocycles. The quantitative estimate of drug-likeness (QED) is 0.220. The maximum atomic E-state index is 13.5. The number of piperidine rings is 1. The van der Waals surface area contributed by atoms with Crippen LogP contribution in [0.15, 0.2) is 42.6 Å². The van der Waals surface area contributed by atoms with Crippen molar-refractivity contribution in [1.29, 1.82) is 0 Å². The molecule has 13 nitrogen and oxygen atoms in total. The van der Waals surface area contributed by atoms with Crippen LogP contribution < -0.4 is 24.8 Å². The van der Waals surface area contributed by atoms with Crippen LogP contribution >= 0.6 is 11.6 Å². The van der Waals surface area contributed by atoms with Gasteiger partial charge in [-0.3, -0.25) is 9.52 Å². The normalized spacial score (nSPS) is 14.2. The molecule has 2 heterocycles. The first-order valence-electron chi connectivity index (χ1n) is 15.4. The van der Waals surface area contributed by atoms with Gasteiger partial charge in [0.25, 0.3) is 5.91 Å². The zero-order chi connectivity index (χ0) is 35.4. The summed E-state index contributed by atoms with van der Waals surface area (Å²) in [4.78, 5) is 36.3. The number of aromatic nitrogens is 2. The van der Waals surface area contributed by atoms with Crippen molar-refractivity contribution >= 4 is 50.9 Å². The summed E-state index contributed by atoms with van der Waals surface area (Å²) in [6, 6.07) is 9.58. The number of carbonyl (C=O) groups is 2. The van der Waals surface area contributed by atoms with Crippen molar-refractivity contribution in [3.63, 3.8) is 0 Å². The highest BCUT2D eigenvalue weighted by atomic mass is 35.5. The van der Waals surface area contributed by atoms with Crippen molar-refractivity contribution in [2.24, 2.45) is 0 Å². The lowest BCUT2D eigenvalue weighted by Gasteiger charge is -2.33. The van der Waals surface area contributed by atoms with Crippen molar-refractivity contribution in [2.45, 2.75) is 71.4 Å². The van der Waals surface area contributed by atoms with E-state index in [2.05, 4.69) is 25.3 Å². The molecule has 0 saturated carbocycles. The van der Waals surface area contributed by atoms with Crippen molar-refractivity contribution in [3.05, 3.63) is 58.7 Å². The highest BCUT2D eigenvalue weighted by Crippen LogP contribution is 2.39. The largest absolute Gasteiger partial charge is 0.492 e.